The summed E-state index contributed by atoms with van der Waals surface area (Å²) in [7, 11) is 0. The van der Waals surface area contributed by atoms with Gasteiger partial charge in [0.25, 0.3) is 0 Å². The Balaban J connectivity index is 1.80. The van der Waals surface area contributed by atoms with Crippen LogP contribution in [0.1, 0.15) is 11.3 Å². The number of rotatable bonds is 4. The molecule has 0 amide bonds. The van der Waals surface area contributed by atoms with E-state index in [0.29, 0.717) is 18.1 Å². The third kappa shape index (κ3) is 3.01. The molecule has 22 heavy (non-hydrogen) atoms. The lowest BCUT2D eigenvalue weighted by atomic mass is 10.1. The Bertz CT molecular complexity index is 697. The van der Waals surface area contributed by atoms with Crippen LogP contribution in [-0.2, 0) is 12.2 Å². The number of aliphatic imine (C=N–C) groups is 1. The van der Waals surface area contributed by atoms with E-state index in [4.69, 9.17) is 11.5 Å². The molecule has 8 heteroatoms. The second kappa shape index (κ2) is 5.78. The summed E-state index contributed by atoms with van der Waals surface area (Å²) >= 11 is 0. The zero-order valence-electron chi connectivity index (χ0n) is 11.8. The van der Waals surface area contributed by atoms with E-state index in [1.165, 1.54) is 0 Å². The van der Waals surface area contributed by atoms with Gasteiger partial charge >= 0.3 is 0 Å². The van der Waals surface area contributed by atoms with Crippen molar-refractivity contribution in [2.75, 3.05) is 0 Å². The Morgan fingerprint density at radius 1 is 1.18 bits per heavy atom. The van der Waals surface area contributed by atoms with Gasteiger partial charge in [-0.25, -0.2) is 4.99 Å². The molecule has 1 atom stereocenters. The maximum Gasteiger partial charge on any atom is 0.196 e. The van der Waals surface area contributed by atoms with Gasteiger partial charge in [-0.15, -0.1) is 0 Å². The van der Waals surface area contributed by atoms with Crippen molar-refractivity contribution in [3.05, 3.63) is 66.3 Å². The van der Waals surface area contributed by atoms with Crippen molar-refractivity contribution in [3.63, 3.8) is 0 Å². The van der Waals surface area contributed by atoms with Gasteiger partial charge in [-0.3, -0.25) is 20.7 Å². The summed E-state index contributed by atoms with van der Waals surface area (Å²) in [4.78, 5) is 16.5. The first-order valence-electron chi connectivity index (χ1n) is 6.69. The van der Waals surface area contributed by atoms with Gasteiger partial charge in [-0.2, -0.15) is 0 Å². The fourth-order valence-electron chi connectivity index (χ4n) is 2.09. The van der Waals surface area contributed by atoms with Crippen molar-refractivity contribution in [3.8, 4) is 0 Å². The maximum atomic E-state index is 6.29. The Kier molecular flexibility index (Phi) is 3.67. The number of guanidine groups is 1. The van der Waals surface area contributed by atoms with Crippen LogP contribution >= 0.6 is 0 Å². The van der Waals surface area contributed by atoms with Gasteiger partial charge in [-0.05, 0) is 11.6 Å². The monoisotopic (exact) mass is 296 g/mol. The van der Waals surface area contributed by atoms with Crippen molar-refractivity contribution in [2.45, 2.75) is 12.2 Å². The zero-order valence-corrected chi connectivity index (χ0v) is 11.8. The molecule has 0 saturated carbocycles. The van der Waals surface area contributed by atoms with Crippen LogP contribution in [0.25, 0.3) is 0 Å². The summed E-state index contributed by atoms with van der Waals surface area (Å²) in [6.45, 7) is 0.580. The molecule has 1 unspecified atom stereocenters. The van der Waals surface area contributed by atoms with Crippen LogP contribution in [0.2, 0.25) is 0 Å². The van der Waals surface area contributed by atoms with Crippen molar-refractivity contribution >= 4 is 5.96 Å². The van der Waals surface area contributed by atoms with Crippen LogP contribution in [0.4, 0.5) is 0 Å². The van der Waals surface area contributed by atoms with Gasteiger partial charge in [0.1, 0.15) is 11.5 Å². The molecule has 0 bridgehead atoms. The van der Waals surface area contributed by atoms with E-state index < -0.39 is 5.66 Å². The molecule has 0 saturated heterocycles. The second-order valence-electron chi connectivity index (χ2n) is 4.81. The normalized spacial score (nSPS) is 20.6. The Labute approximate surface area is 127 Å². The molecule has 0 spiro atoms. The third-order valence-electron chi connectivity index (χ3n) is 3.11. The average molecular weight is 296 g/mol. The van der Waals surface area contributed by atoms with E-state index in [2.05, 4.69) is 30.6 Å². The maximum absolute atomic E-state index is 6.29. The van der Waals surface area contributed by atoms with Gasteiger partial charge in [0.15, 0.2) is 11.6 Å². The van der Waals surface area contributed by atoms with Gasteiger partial charge in [0, 0.05) is 37.4 Å². The lowest BCUT2D eigenvalue weighted by Gasteiger charge is -2.28. The zero-order chi connectivity index (χ0) is 15.4. The minimum atomic E-state index is -1.15. The number of hydrogen-bond donors (Lipinski definition) is 4. The molecule has 1 aliphatic heterocycles. The molecule has 2 aromatic rings. The molecule has 112 valence electrons. The van der Waals surface area contributed by atoms with Gasteiger partial charge in [-0.1, -0.05) is 6.07 Å². The quantitative estimate of drug-likeness (QED) is 0.600. The topological polar surface area (TPSA) is 127 Å². The van der Waals surface area contributed by atoms with Gasteiger partial charge in [0.2, 0.25) is 0 Å². The number of hydrogen-bond acceptors (Lipinski definition) is 8. The van der Waals surface area contributed by atoms with E-state index in [1.54, 1.807) is 37.1 Å². The van der Waals surface area contributed by atoms with Gasteiger partial charge < -0.3 is 16.4 Å². The average Bonchev–Trinajstić information content (AvgIpc) is 2.54. The second-order valence-corrected chi connectivity index (χ2v) is 4.81. The summed E-state index contributed by atoms with van der Waals surface area (Å²) in [5.74, 6) is 0.869. The third-order valence-corrected chi connectivity index (χ3v) is 3.11. The van der Waals surface area contributed by atoms with Crippen molar-refractivity contribution < 1.29 is 0 Å². The standard InChI is InChI=1S/C14H16N8/c15-13-21-12(20-8-10-2-1-3-17-7-10)6-14(16,22-13)11-9-18-4-5-19-11/h1-7,9,20H,8,16H2,(H3,15,21,22). The number of nitrogens with zero attached hydrogens (tertiary/aromatic N) is 4. The largest absolute Gasteiger partial charge is 0.370 e. The molecule has 2 aromatic heterocycles. The van der Waals surface area contributed by atoms with E-state index in [1.807, 2.05) is 12.1 Å². The van der Waals surface area contributed by atoms with Crippen LogP contribution in [0.15, 0.2) is 60.0 Å². The SMILES string of the molecule is NC1=NC(N)(c2cnccn2)C=C(NCc2cccnc2)N1. The van der Waals surface area contributed by atoms with Gasteiger partial charge in [0.05, 0.1) is 6.20 Å². The highest BCUT2D eigenvalue weighted by Gasteiger charge is 2.30. The lowest BCUT2D eigenvalue weighted by Crippen LogP contribution is -2.48. The first-order valence-corrected chi connectivity index (χ1v) is 6.69. The van der Waals surface area contributed by atoms with E-state index in [9.17, 15) is 0 Å². The number of nitrogens with one attached hydrogen (secondary N) is 2. The summed E-state index contributed by atoms with van der Waals surface area (Å²) in [6, 6.07) is 3.85. The molecule has 6 N–H and O–H groups in total. The van der Waals surface area contributed by atoms with Crippen LogP contribution in [0, 0.1) is 0 Å². The Morgan fingerprint density at radius 2 is 2.05 bits per heavy atom. The van der Waals surface area contributed by atoms with Crippen LogP contribution in [0.5, 0.6) is 0 Å². The van der Waals surface area contributed by atoms with Crippen molar-refractivity contribution in [1.82, 2.24) is 25.6 Å². The first kappa shape index (κ1) is 14.0. The molecule has 3 heterocycles. The van der Waals surface area contributed by atoms with E-state index in [-0.39, 0.29) is 5.96 Å². The van der Waals surface area contributed by atoms with Crippen LogP contribution in [-0.4, -0.2) is 20.9 Å². The molecular weight excluding hydrogens is 280 g/mol. The summed E-state index contributed by atoms with van der Waals surface area (Å²) < 4.78 is 0. The fraction of sp³-hybridized carbons (Fsp3) is 0.143. The van der Waals surface area contributed by atoms with Crippen LogP contribution in [0.3, 0.4) is 0 Å². The first-order chi connectivity index (χ1) is 10.7. The predicted molar refractivity (Wildman–Crippen MR) is 81.8 cm³/mol. The summed E-state index contributed by atoms with van der Waals surface area (Å²) in [5, 5.41) is 6.15. The van der Waals surface area contributed by atoms with Crippen molar-refractivity contribution in [2.24, 2.45) is 16.5 Å². The molecule has 0 fully saturated rings. The minimum Gasteiger partial charge on any atom is -0.370 e. The number of aromatic nitrogens is 3. The predicted octanol–water partition coefficient (Wildman–Crippen LogP) is -0.468. The molecule has 8 nitrogen and oxygen atoms in total. The Morgan fingerprint density at radius 3 is 2.77 bits per heavy atom. The highest BCUT2D eigenvalue weighted by molar-refractivity contribution is 5.81. The van der Waals surface area contributed by atoms with E-state index >= 15 is 0 Å². The molecule has 1 aliphatic rings. The highest BCUT2D eigenvalue weighted by atomic mass is 15.3. The molecule has 0 aliphatic carbocycles. The molecular formula is C14H16N8. The Hall–Kier alpha value is -3.00. The van der Waals surface area contributed by atoms with E-state index in [0.717, 1.165) is 5.56 Å². The molecule has 3 rings (SSSR count). The molecule has 0 radical (unpaired) electrons. The fourth-order valence-corrected chi connectivity index (χ4v) is 2.09. The van der Waals surface area contributed by atoms with Crippen LogP contribution < -0.4 is 22.1 Å². The number of pyridine rings is 1. The highest BCUT2D eigenvalue weighted by Crippen LogP contribution is 2.21. The summed E-state index contributed by atoms with van der Waals surface area (Å²) in [5.41, 5.74) is 12.5. The summed E-state index contributed by atoms with van der Waals surface area (Å²) in [6.07, 6.45) is 9.94. The number of nitrogens with two attached hydrogens (primary N) is 2. The molecule has 0 aromatic carbocycles. The van der Waals surface area contributed by atoms with Crippen molar-refractivity contribution in [1.29, 1.82) is 0 Å². The minimum absolute atomic E-state index is 0.212. The lowest BCUT2D eigenvalue weighted by molar-refractivity contribution is 0.538. The smallest absolute Gasteiger partial charge is 0.196 e.